The molecule has 0 amide bonds. The highest BCUT2D eigenvalue weighted by Crippen LogP contribution is 2.28. The predicted molar refractivity (Wildman–Crippen MR) is 80.9 cm³/mol. The maximum atomic E-state index is 6.23. The Morgan fingerprint density at radius 2 is 2.20 bits per heavy atom. The van der Waals surface area contributed by atoms with Gasteiger partial charge >= 0.3 is 0 Å². The van der Waals surface area contributed by atoms with E-state index in [0.29, 0.717) is 12.6 Å². The van der Waals surface area contributed by atoms with Crippen molar-refractivity contribution in [1.82, 2.24) is 9.88 Å². The minimum absolute atomic E-state index is 0.217. The first-order valence-electron chi connectivity index (χ1n) is 7.24. The first-order valence-corrected chi connectivity index (χ1v) is 7.24. The molecule has 0 bridgehead atoms. The summed E-state index contributed by atoms with van der Waals surface area (Å²) in [6.45, 7) is 4.91. The van der Waals surface area contributed by atoms with Crippen molar-refractivity contribution in [1.29, 1.82) is 0 Å². The number of hydrogen-bond acceptors (Lipinski definition) is 4. The van der Waals surface area contributed by atoms with Gasteiger partial charge in [-0.1, -0.05) is 18.2 Å². The number of nitrogens with two attached hydrogens (primary N) is 1. The van der Waals surface area contributed by atoms with Gasteiger partial charge in [-0.05, 0) is 25.5 Å². The van der Waals surface area contributed by atoms with Crippen molar-refractivity contribution in [2.45, 2.75) is 25.5 Å². The van der Waals surface area contributed by atoms with Crippen LogP contribution in [0.15, 0.2) is 36.5 Å². The summed E-state index contributed by atoms with van der Waals surface area (Å²) in [6.07, 6.45) is 3.08. The molecule has 1 aliphatic rings. The first-order chi connectivity index (χ1) is 9.79. The summed E-state index contributed by atoms with van der Waals surface area (Å²) < 4.78 is 6.23. The van der Waals surface area contributed by atoms with Gasteiger partial charge in [0.25, 0.3) is 0 Å². The van der Waals surface area contributed by atoms with Crippen LogP contribution in [0.2, 0.25) is 0 Å². The molecule has 1 fully saturated rings. The van der Waals surface area contributed by atoms with E-state index in [9.17, 15) is 0 Å². The van der Waals surface area contributed by atoms with Gasteiger partial charge < -0.3 is 10.5 Å². The van der Waals surface area contributed by atoms with Gasteiger partial charge in [-0.25, -0.2) is 0 Å². The second kappa shape index (κ2) is 5.77. The Kier molecular flexibility index (Phi) is 3.85. The fourth-order valence-electron chi connectivity index (χ4n) is 2.95. The predicted octanol–water partition coefficient (Wildman–Crippen LogP) is 2.04. The summed E-state index contributed by atoms with van der Waals surface area (Å²) in [7, 11) is 0. The molecule has 106 valence electrons. The smallest absolute Gasteiger partial charge is 0.146 e. The van der Waals surface area contributed by atoms with E-state index in [0.717, 1.165) is 36.2 Å². The zero-order chi connectivity index (χ0) is 13.9. The van der Waals surface area contributed by atoms with Crippen LogP contribution in [0.3, 0.4) is 0 Å². The van der Waals surface area contributed by atoms with Gasteiger partial charge in [0.05, 0.1) is 0 Å². The van der Waals surface area contributed by atoms with Gasteiger partial charge in [-0.3, -0.25) is 9.88 Å². The van der Waals surface area contributed by atoms with E-state index in [1.54, 1.807) is 0 Å². The summed E-state index contributed by atoms with van der Waals surface area (Å²) in [5.74, 6) is 0.884. The van der Waals surface area contributed by atoms with Gasteiger partial charge in [0, 0.05) is 37.3 Å². The van der Waals surface area contributed by atoms with E-state index < -0.39 is 0 Å². The molecule has 2 aromatic rings. The van der Waals surface area contributed by atoms with E-state index in [1.165, 1.54) is 0 Å². The number of fused-ring (bicyclic) bond motifs is 1. The number of nitrogens with zero attached hydrogens (tertiary/aromatic N) is 2. The molecule has 2 N–H and O–H groups in total. The highest BCUT2D eigenvalue weighted by Gasteiger charge is 2.31. The number of para-hydroxylation sites is 1. The number of likely N-dealkylation sites (tertiary alicyclic amines) is 1. The second-order valence-corrected chi connectivity index (χ2v) is 5.34. The maximum Gasteiger partial charge on any atom is 0.146 e. The van der Waals surface area contributed by atoms with Crippen LogP contribution in [0, 0.1) is 0 Å². The molecule has 1 aromatic carbocycles. The Hall–Kier alpha value is -1.65. The van der Waals surface area contributed by atoms with Crippen molar-refractivity contribution in [2.24, 2.45) is 5.73 Å². The molecular weight excluding hydrogens is 250 g/mol. The first kappa shape index (κ1) is 13.3. The molecule has 1 aliphatic heterocycles. The van der Waals surface area contributed by atoms with Crippen LogP contribution in [0.4, 0.5) is 0 Å². The topological polar surface area (TPSA) is 51.4 Å². The summed E-state index contributed by atoms with van der Waals surface area (Å²) in [5, 5.41) is 1.12. The standard InChI is InChI=1S/C16H21N3O/c1-12-14(7-10-19(12)11-8-17)20-15-6-2-4-13-5-3-9-18-16(13)15/h2-6,9,12,14H,7-8,10-11,17H2,1H3. The number of benzene rings is 1. The average Bonchev–Trinajstić information content (AvgIpc) is 2.81. The minimum Gasteiger partial charge on any atom is -0.486 e. The normalized spacial score (nSPS) is 23.3. The lowest BCUT2D eigenvalue weighted by atomic mass is 10.1. The molecule has 0 radical (unpaired) electrons. The van der Waals surface area contributed by atoms with Gasteiger partial charge in [0.2, 0.25) is 0 Å². The van der Waals surface area contributed by atoms with Crippen LogP contribution in [0.25, 0.3) is 10.9 Å². The third-order valence-electron chi connectivity index (χ3n) is 4.11. The fourth-order valence-corrected chi connectivity index (χ4v) is 2.95. The Morgan fingerprint density at radius 3 is 3.05 bits per heavy atom. The summed E-state index contributed by atoms with van der Waals surface area (Å²) in [4.78, 5) is 6.84. The van der Waals surface area contributed by atoms with Crippen LogP contribution >= 0.6 is 0 Å². The number of pyridine rings is 1. The number of aromatic nitrogens is 1. The molecule has 4 nitrogen and oxygen atoms in total. The molecule has 2 atom stereocenters. The maximum absolute atomic E-state index is 6.23. The molecule has 0 spiro atoms. The van der Waals surface area contributed by atoms with Crippen LogP contribution in [-0.4, -0.2) is 41.7 Å². The number of rotatable bonds is 4. The molecule has 3 rings (SSSR count). The molecule has 1 saturated heterocycles. The highest BCUT2D eigenvalue weighted by atomic mass is 16.5. The number of ether oxygens (including phenoxy) is 1. The minimum atomic E-state index is 0.217. The lowest BCUT2D eigenvalue weighted by molar-refractivity contribution is 0.150. The Balaban J connectivity index is 1.80. The highest BCUT2D eigenvalue weighted by molar-refractivity contribution is 5.84. The van der Waals surface area contributed by atoms with E-state index >= 15 is 0 Å². The Bertz CT molecular complexity index is 581. The molecule has 4 heteroatoms. The summed E-state index contributed by atoms with van der Waals surface area (Å²) >= 11 is 0. The Morgan fingerprint density at radius 1 is 1.35 bits per heavy atom. The van der Waals surface area contributed by atoms with E-state index in [4.69, 9.17) is 10.5 Å². The molecular formula is C16H21N3O. The fraction of sp³-hybridized carbons (Fsp3) is 0.438. The van der Waals surface area contributed by atoms with Crippen molar-refractivity contribution in [2.75, 3.05) is 19.6 Å². The summed E-state index contributed by atoms with van der Waals surface area (Å²) in [5.41, 5.74) is 6.59. The van der Waals surface area contributed by atoms with Gasteiger partial charge in [0.15, 0.2) is 0 Å². The van der Waals surface area contributed by atoms with E-state index in [2.05, 4.69) is 28.9 Å². The second-order valence-electron chi connectivity index (χ2n) is 5.34. The van der Waals surface area contributed by atoms with Gasteiger partial charge in [-0.2, -0.15) is 0 Å². The average molecular weight is 271 g/mol. The van der Waals surface area contributed by atoms with Crippen molar-refractivity contribution < 1.29 is 4.74 Å². The van der Waals surface area contributed by atoms with Crippen molar-refractivity contribution in [3.05, 3.63) is 36.5 Å². The lowest BCUT2D eigenvalue weighted by Gasteiger charge is -2.24. The molecule has 1 aromatic heterocycles. The van der Waals surface area contributed by atoms with Gasteiger partial charge in [0.1, 0.15) is 17.4 Å². The Labute approximate surface area is 119 Å². The third-order valence-corrected chi connectivity index (χ3v) is 4.11. The molecule has 0 saturated carbocycles. The number of hydrogen-bond donors (Lipinski definition) is 1. The monoisotopic (exact) mass is 271 g/mol. The van der Waals surface area contributed by atoms with Crippen LogP contribution in [0.5, 0.6) is 5.75 Å². The molecule has 20 heavy (non-hydrogen) atoms. The lowest BCUT2D eigenvalue weighted by Crippen LogP contribution is -2.37. The van der Waals surface area contributed by atoms with Crippen LogP contribution in [0.1, 0.15) is 13.3 Å². The zero-order valence-corrected chi connectivity index (χ0v) is 11.8. The zero-order valence-electron chi connectivity index (χ0n) is 11.8. The van der Waals surface area contributed by atoms with Crippen LogP contribution < -0.4 is 10.5 Å². The third kappa shape index (κ3) is 2.49. The van der Waals surface area contributed by atoms with Gasteiger partial charge in [-0.15, -0.1) is 0 Å². The van der Waals surface area contributed by atoms with Crippen LogP contribution in [-0.2, 0) is 0 Å². The summed E-state index contributed by atoms with van der Waals surface area (Å²) in [6, 6.07) is 10.5. The van der Waals surface area contributed by atoms with Crippen molar-refractivity contribution in [3.8, 4) is 5.75 Å². The van der Waals surface area contributed by atoms with Crippen molar-refractivity contribution in [3.63, 3.8) is 0 Å². The van der Waals surface area contributed by atoms with E-state index in [-0.39, 0.29) is 6.10 Å². The van der Waals surface area contributed by atoms with Crippen molar-refractivity contribution >= 4 is 10.9 Å². The quantitative estimate of drug-likeness (QED) is 0.924. The molecule has 0 aliphatic carbocycles. The molecule has 2 unspecified atom stereocenters. The molecule has 2 heterocycles. The largest absolute Gasteiger partial charge is 0.486 e. The van der Waals surface area contributed by atoms with E-state index in [1.807, 2.05) is 24.4 Å². The SMILES string of the molecule is CC1C(Oc2cccc3cccnc23)CCN1CCN.